The molecule has 1 atom stereocenters. The molecule has 0 aliphatic heterocycles. The molecule has 5 rings (SSSR count). The Kier molecular flexibility index (Phi) is 8.20. The van der Waals surface area contributed by atoms with E-state index in [1.807, 2.05) is 59.2 Å². The number of anilines is 1. The number of primary amides is 1. The average Bonchev–Trinajstić information content (AvgIpc) is 3.61. The van der Waals surface area contributed by atoms with Crippen LogP contribution >= 0.6 is 11.3 Å². The van der Waals surface area contributed by atoms with Crippen molar-refractivity contribution in [3.8, 4) is 22.9 Å². The number of rotatable bonds is 11. The van der Waals surface area contributed by atoms with Crippen molar-refractivity contribution in [3.05, 3.63) is 89.9 Å². The molecule has 0 bridgehead atoms. The van der Waals surface area contributed by atoms with E-state index in [2.05, 4.69) is 15.3 Å². The second kappa shape index (κ2) is 12.3. The number of hydrogen-bond acceptors (Lipinski definition) is 7. The Balaban J connectivity index is 1.52. The lowest BCUT2D eigenvalue weighted by Gasteiger charge is -2.19. The molecule has 0 fully saturated rings. The number of fused-ring (bicyclic) bond motifs is 1. The number of carbonyl (C=O) groups excluding carboxylic acids is 2. The molecule has 41 heavy (non-hydrogen) atoms. The summed E-state index contributed by atoms with van der Waals surface area (Å²) in [6, 6.07) is 21.2. The van der Waals surface area contributed by atoms with Crippen LogP contribution < -0.4 is 27.3 Å². The maximum absolute atomic E-state index is 12.9. The number of carbonyl (C=O) groups is 2. The lowest BCUT2D eigenvalue weighted by molar-refractivity contribution is -0.121. The van der Waals surface area contributed by atoms with Crippen molar-refractivity contribution < 1.29 is 14.3 Å². The molecule has 2 aromatic heterocycles. The number of hydrogen-bond donors (Lipinski definition) is 4. The van der Waals surface area contributed by atoms with Gasteiger partial charge >= 0.3 is 0 Å². The second-order valence-corrected chi connectivity index (χ2v) is 10.0. The van der Waals surface area contributed by atoms with Gasteiger partial charge in [-0.3, -0.25) is 19.9 Å². The Morgan fingerprint density at radius 2 is 1.76 bits per heavy atom. The molecule has 0 unspecified atom stereocenters. The first-order chi connectivity index (χ1) is 19.9. The fraction of sp³-hybridized carbons (Fsp3) is 0.138. The highest BCUT2D eigenvalue weighted by Gasteiger charge is 2.25. The molecule has 2 amide bonds. The minimum Gasteiger partial charge on any atom is -0.457 e. The molecule has 7 N–H and O–H groups in total. The molecule has 0 radical (unpaired) electrons. The van der Waals surface area contributed by atoms with Gasteiger partial charge in [-0.25, -0.2) is 9.97 Å². The van der Waals surface area contributed by atoms with E-state index in [-0.39, 0.29) is 11.9 Å². The zero-order valence-electron chi connectivity index (χ0n) is 21.9. The summed E-state index contributed by atoms with van der Waals surface area (Å²) >= 11 is 1.32. The van der Waals surface area contributed by atoms with Crippen molar-refractivity contribution in [1.82, 2.24) is 14.5 Å². The normalized spacial score (nSPS) is 11.6. The first-order valence-corrected chi connectivity index (χ1v) is 13.7. The van der Waals surface area contributed by atoms with E-state index in [0.29, 0.717) is 58.4 Å². The van der Waals surface area contributed by atoms with E-state index in [4.69, 9.17) is 26.9 Å². The number of amides is 2. The number of thiazole rings is 1. The van der Waals surface area contributed by atoms with Gasteiger partial charge in [0.25, 0.3) is 5.91 Å². The Bertz CT molecular complexity index is 1680. The number of nitrogens with two attached hydrogens (primary N) is 3. The van der Waals surface area contributed by atoms with E-state index >= 15 is 0 Å². The van der Waals surface area contributed by atoms with Crippen molar-refractivity contribution in [2.45, 2.75) is 18.9 Å². The molecule has 2 heterocycles. The van der Waals surface area contributed by atoms with Crippen LogP contribution in [0.1, 0.15) is 29.2 Å². The largest absolute Gasteiger partial charge is 0.457 e. The number of aromatic nitrogens is 3. The summed E-state index contributed by atoms with van der Waals surface area (Å²) in [4.78, 5) is 38.6. The highest BCUT2D eigenvalue weighted by molar-refractivity contribution is 7.13. The monoisotopic (exact) mass is 568 g/mol. The van der Waals surface area contributed by atoms with Gasteiger partial charge in [0.1, 0.15) is 23.4 Å². The SMILES string of the molecule is NC(=O)[C@H](CCCN=C(N)N)n1c(-c2ccc(Oc3ccccc3)cc2)nc2cc(C(=O)Nc3nccs3)ccc21. The summed E-state index contributed by atoms with van der Waals surface area (Å²) in [5.41, 5.74) is 19.1. The second-order valence-electron chi connectivity index (χ2n) is 9.11. The zero-order valence-corrected chi connectivity index (χ0v) is 22.8. The summed E-state index contributed by atoms with van der Waals surface area (Å²) in [5, 5.41) is 5.05. The molecule has 3 aromatic carbocycles. The number of nitrogens with one attached hydrogen (secondary N) is 1. The predicted molar refractivity (Wildman–Crippen MR) is 160 cm³/mol. The molecular weight excluding hydrogens is 540 g/mol. The fourth-order valence-electron chi connectivity index (χ4n) is 4.40. The quantitative estimate of drug-likeness (QED) is 0.104. The third-order valence-electron chi connectivity index (χ3n) is 6.27. The van der Waals surface area contributed by atoms with E-state index in [1.54, 1.807) is 29.8 Å². The van der Waals surface area contributed by atoms with Gasteiger partial charge in [-0.2, -0.15) is 0 Å². The van der Waals surface area contributed by atoms with Gasteiger partial charge in [0.05, 0.1) is 11.0 Å². The molecule has 12 heteroatoms. The van der Waals surface area contributed by atoms with E-state index < -0.39 is 11.9 Å². The van der Waals surface area contributed by atoms with Gasteiger partial charge in [0.15, 0.2) is 11.1 Å². The zero-order chi connectivity index (χ0) is 28.8. The number of guanidine groups is 1. The van der Waals surface area contributed by atoms with Crippen LogP contribution in [0.25, 0.3) is 22.4 Å². The minimum atomic E-state index is -0.737. The summed E-state index contributed by atoms with van der Waals surface area (Å²) in [5.74, 6) is 1.03. The standard InChI is InChI=1S/C29H28N8O3S/c30-25(38)24(7-4-14-33-28(31)32)37-23-13-10-19(27(39)36-29-34-15-16-41-29)17-22(23)35-26(37)18-8-11-21(12-9-18)40-20-5-2-1-3-6-20/h1-3,5-6,8-13,15-17,24H,4,7,14H2,(H2,30,38)(H4,31,32,33)(H,34,36,39)/t24-/m0/s1. The van der Waals surface area contributed by atoms with Crippen molar-refractivity contribution in [2.75, 3.05) is 11.9 Å². The Hall–Kier alpha value is -5.23. The maximum atomic E-state index is 12.9. The molecule has 0 aliphatic carbocycles. The summed E-state index contributed by atoms with van der Waals surface area (Å²) in [6.45, 7) is 0.348. The molecule has 0 aliphatic rings. The smallest absolute Gasteiger partial charge is 0.257 e. The third kappa shape index (κ3) is 6.50. The van der Waals surface area contributed by atoms with Gasteiger partial charge in [-0.05, 0) is 67.4 Å². The van der Waals surface area contributed by atoms with Crippen LogP contribution in [-0.2, 0) is 4.79 Å². The Labute approximate surface area is 239 Å². The van der Waals surface area contributed by atoms with Gasteiger partial charge in [0.2, 0.25) is 5.91 Å². The number of imidazole rings is 1. The van der Waals surface area contributed by atoms with Crippen LogP contribution in [-0.4, -0.2) is 38.9 Å². The maximum Gasteiger partial charge on any atom is 0.257 e. The van der Waals surface area contributed by atoms with Crippen LogP contribution in [0.3, 0.4) is 0 Å². The predicted octanol–water partition coefficient (Wildman–Crippen LogP) is 4.28. The van der Waals surface area contributed by atoms with Crippen LogP contribution in [0, 0.1) is 0 Å². The van der Waals surface area contributed by atoms with Crippen molar-refractivity contribution in [1.29, 1.82) is 0 Å². The Morgan fingerprint density at radius 3 is 2.44 bits per heavy atom. The minimum absolute atomic E-state index is 0.0178. The molecule has 0 saturated heterocycles. The molecule has 11 nitrogen and oxygen atoms in total. The van der Waals surface area contributed by atoms with Crippen molar-refractivity contribution >= 4 is 45.3 Å². The average molecular weight is 569 g/mol. The molecule has 0 saturated carbocycles. The van der Waals surface area contributed by atoms with Crippen LogP contribution in [0.4, 0.5) is 5.13 Å². The number of aliphatic imine (C=N–C) groups is 1. The van der Waals surface area contributed by atoms with Gasteiger partial charge in [-0.1, -0.05) is 18.2 Å². The summed E-state index contributed by atoms with van der Waals surface area (Å²) in [7, 11) is 0. The van der Waals surface area contributed by atoms with Crippen molar-refractivity contribution in [3.63, 3.8) is 0 Å². The highest BCUT2D eigenvalue weighted by Crippen LogP contribution is 2.33. The highest BCUT2D eigenvalue weighted by atomic mass is 32.1. The van der Waals surface area contributed by atoms with Crippen LogP contribution in [0.15, 0.2) is 89.4 Å². The lowest BCUT2D eigenvalue weighted by Crippen LogP contribution is -2.27. The molecular formula is C29H28N8O3S. The first-order valence-electron chi connectivity index (χ1n) is 12.8. The number of benzene rings is 3. The topological polar surface area (TPSA) is 177 Å². The van der Waals surface area contributed by atoms with Gasteiger partial charge in [0, 0.05) is 29.2 Å². The van der Waals surface area contributed by atoms with E-state index in [1.165, 1.54) is 11.3 Å². The lowest BCUT2D eigenvalue weighted by atomic mass is 10.1. The van der Waals surface area contributed by atoms with Crippen molar-refractivity contribution in [2.24, 2.45) is 22.2 Å². The first kappa shape index (κ1) is 27.3. The fourth-order valence-corrected chi connectivity index (χ4v) is 4.93. The number of ether oxygens (including phenoxy) is 1. The van der Waals surface area contributed by atoms with Crippen LogP contribution in [0.2, 0.25) is 0 Å². The number of para-hydroxylation sites is 1. The summed E-state index contributed by atoms with van der Waals surface area (Å²) < 4.78 is 7.74. The molecule has 5 aromatic rings. The third-order valence-corrected chi connectivity index (χ3v) is 6.95. The van der Waals surface area contributed by atoms with Gasteiger partial charge < -0.3 is 26.5 Å². The molecule has 0 spiro atoms. The Morgan fingerprint density at radius 1 is 1.00 bits per heavy atom. The van der Waals surface area contributed by atoms with Crippen LogP contribution in [0.5, 0.6) is 11.5 Å². The van der Waals surface area contributed by atoms with E-state index in [0.717, 1.165) is 5.56 Å². The van der Waals surface area contributed by atoms with Gasteiger partial charge in [-0.15, -0.1) is 11.3 Å². The van der Waals surface area contributed by atoms with E-state index in [9.17, 15) is 9.59 Å². The summed E-state index contributed by atoms with van der Waals surface area (Å²) in [6.07, 6.45) is 2.51. The number of nitrogens with zero attached hydrogens (tertiary/aromatic N) is 4. The molecule has 208 valence electrons.